The number of benzene rings is 1. The van der Waals surface area contributed by atoms with Gasteiger partial charge in [0.25, 0.3) is 5.69 Å². The molecule has 1 aromatic rings. The van der Waals surface area contributed by atoms with Crippen LogP contribution in [-0.2, 0) is 0 Å². The van der Waals surface area contributed by atoms with Gasteiger partial charge < -0.3 is 10.6 Å². The summed E-state index contributed by atoms with van der Waals surface area (Å²) in [6.07, 6.45) is 0. The first-order valence-corrected chi connectivity index (χ1v) is 6.06. The highest BCUT2D eigenvalue weighted by Crippen LogP contribution is 2.45. The van der Waals surface area contributed by atoms with Crippen LogP contribution in [0.4, 0.5) is 15.8 Å². The molecule has 1 aliphatic heterocycles. The van der Waals surface area contributed by atoms with Crippen molar-refractivity contribution < 1.29 is 9.31 Å². The number of anilines is 1. The largest absolute Gasteiger partial charge is 0.376 e. The molecule has 2 aliphatic rings. The van der Waals surface area contributed by atoms with Gasteiger partial charge >= 0.3 is 0 Å². The lowest BCUT2D eigenvalue weighted by atomic mass is 10.2. The highest BCUT2D eigenvalue weighted by molar-refractivity contribution is 6.31. The molecule has 1 saturated carbocycles. The summed E-state index contributed by atoms with van der Waals surface area (Å²) in [6, 6.07) is 2.35. The van der Waals surface area contributed by atoms with Gasteiger partial charge in [-0.3, -0.25) is 10.1 Å². The van der Waals surface area contributed by atoms with E-state index in [1.54, 1.807) is 0 Å². The van der Waals surface area contributed by atoms with Gasteiger partial charge in [0.1, 0.15) is 11.5 Å². The van der Waals surface area contributed by atoms with Gasteiger partial charge in [-0.05, 0) is 11.8 Å². The molecule has 2 fully saturated rings. The molecule has 1 aliphatic carbocycles. The number of hydrogen-bond acceptors (Lipinski definition) is 4. The number of nitrogens with zero attached hydrogens (tertiary/aromatic N) is 1. The first-order valence-electron chi connectivity index (χ1n) is 5.68. The van der Waals surface area contributed by atoms with E-state index in [1.165, 1.54) is 0 Å². The molecule has 18 heavy (non-hydrogen) atoms. The van der Waals surface area contributed by atoms with Gasteiger partial charge in [-0.15, -0.1) is 0 Å². The quantitative estimate of drug-likeness (QED) is 0.652. The number of nitro groups is 1. The maximum atomic E-state index is 13.4. The van der Waals surface area contributed by atoms with Crippen molar-refractivity contribution in [2.45, 2.75) is 6.04 Å². The Balaban J connectivity index is 1.86. The zero-order valence-corrected chi connectivity index (χ0v) is 10.1. The van der Waals surface area contributed by atoms with Crippen molar-refractivity contribution in [3.63, 3.8) is 0 Å². The van der Waals surface area contributed by atoms with Crippen LogP contribution in [0.1, 0.15) is 0 Å². The molecular formula is C11H11ClFN3O2. The SMILES string of the molecule is O=[N+]([O-])c1cc(Cl)c(F)cc1NC1C2CNCC21. The van der Waals surface area contributed by atoms with Gasteiger partial charge in [-0.1, -0.05) is 11.6 Å². The third-order valence-electron chi connectivity index (χ3n) is 3.65. The van der Waals surface area contributed by atoms with Gasteiger partial charge in [-0.2, -0.15) is 0 Å². The molecule has 5 nitrogen and oxygen atoms in total. The average molecular weight is 272 g/mol. The molecule has 0 spiro atoms. The van der Waals surface area contributed by atoms with Crippen molar-refractivity contribution in [3.05, 3.63) is 33.1 Å². The third kappa shape index (κ3) is 1.81. The normalized spacial score (nSPS) is 28.9. The predicted molar refractivity (Wildman–Crippen MR) is 65.3 cm³/mol. The second-order valence-corrected chi connectivity index (χ2v) is 5.10. The number of nitro benzene ring substituents is 1. The first-order chi connectivity index (χ1) is 8.58. The van der Waals surface area contributed by atoms with E-state index in [9.17, 15) is 14.5 Å². The number of nitrogens with one attached hydrogen (secondary N) is 2. The van der Waals surface area contributed by atoms with Crippen molar-refractivity contribution in [2.24, 2.45) is 11.8 Å². The molecule has 2 atom stereocenters. The minimum Gasteiger partial charge on any atom is -0.376 e. The zero-order chi connectivity index (χ0) is 12.9. The molecule has 0 amide bonds. The Morgan fingerprint density at radius 3 is 2.72 bits per heavy atom. The summed E-state index contributed by atoms with van der Waals surface area (Å²) in [7, 11) is 0. The summed E-state index contributed by atoms with van der Waals surface area (Å²) in [6.45, 7) is 1.82. The van der Waals surface area contributed by atoms with Crippen LogP contribution in [0, 0.1) is 27.8 Å². The number of fused-ring (bicyclic) bond motifs is 1. The molecule has 0 radical (unpaired) electrons. The average Bonchev–Trinajstić information content (AvgIpc) is 2.74. The molecule has 1 saturated heterocycles. The minimum atomic E-state index is -0.645. The molecule has 3 rings (SSSR count). The fourth-order valence-corrected chi connectivity index (χ4v) is 2.77. The Bertz CT molecular complexity index is 515. The monoisotopic (exact) mass is 271 g/mol. The minimum absolute atomic E-state index is 0.181. The van der Waals surface area contributed by atoms with Crippen molar-refractivity contribution in [2.75, 3.05) is 18.4 Å². The van der Waals surface area contributed by atoms with E-state index in [0.29, 0.717) is 11.8 Å². The van der Waals surface area contributed by atoms with E-state index in [0.717, 1.165) is 25.2 Å². The van der Waals surface area contributed by atoms with Crippen LogP contribution in [-0.4, -0.2) is 24.1 Å². The number of rotatable bonds is 3. The second-order valence-electron chi connectivity index (χ2n) is 4.70. The predicted octanol–water partition coefficient (Wildman–Crippen LogP) is 2.02. The number of halogens is 2. The molecule has 96 valence electrons. The van der Waals surface area contributed by atoms with Gasteiger partial charge in [-0.25, -0.2) is 4.39 Å². The summed E-state index contributed by atoms with van der Waals surface area (Å²) in [5.74, 6) is 0.334. The lowest BCUT2D eigenvalue weighted by Gasteiger charge is -2.10. The molecule has 2 unspecified atom stereocenters. The number of hydrogen-bond donors (Lipinski definition) is 2. The molecule has 2 N–H and O–H groups in total. The van der Waals surface area contributed by atoms with E-state index in [-0.39, 0.29) is 22.4 Å². The number of piperidine rings is 1. The van der Waals surface area contributed by atoms with Crippen LogP contribution in [0.15, 0.2) is 12.1 Å². The van der Waals surface area contributed by atoms with Gasteiger partial charge in [0, 0.05) is 31.3 Å². The van der Waals surface area contributed by atoms with Crippen LogP contribution >= 0.6 is 11.6 Å². The van der Waals surface area contributed by atoms with Gasteiger partial charge in [0.2, 0.25) is 0 Å². The Morgan fingerprint density at radius 1 is 1.44 bits per heavy atom. The standard InChI is InChI=1S/C11H11ClFN3O2/c12-7-1-10(16(17)18)9(2-8(7)13)15-11-5-3-14-4-6(5)11/h1-2,5-6,11,14-15H,3-4H2. The fourth-order valence-electron chi connectivity index (χ4n) is 2.61. The lowest BCUT2D eigenvalue weighted by Crippen LogP contribution is -2.21. The highest BCUT2D eigenvalue weighted by atomic mass is 35.5. The molecule has 0 bridgehead atoms. The summed E-state index contributed by atoms with van der Waals surface area (Å²) in [5.41, 5.74) is 0.0284. The van der Waals surface area contributed by atoms with Crippen LogP contribution < -0.4 is 10.6 Å². The van der Waals surface area contributed by atoms with Crippen molar-refractivity contribution >= 4 is 23.0 Å². The van der Waals surface area contributed by atoms with Crippen LogP contribution in [0.25, 0.3) is 0 Å². The van der Waals surface area contributed by atoms with E-state index >= 15 is 0 Å². The van der Waals surface area contributed by atoms with Crippen molar-refractivity contribution in [1.29, 1.82) is 0 Å². The van der Waals surface area contributed by atoms with Gasteiger partial charge in [0.05, 0.1) is 9.95 Å². The smallest absolute Gasteiger partial charge is 0.294 e. The van der Waals surface area contributed by atoms with Crippen LogP contribution in [0.5, 0.6) is 0 Å². The summed E-state index contributed by atoms with van der Waals surface area (Å²) >= 11 is 5.56. The molecule has 1 aromatic carbocycles. The Labute approximate surface area is 107 Å². The molecule has 0 aromatic heterocycles. The van der Waals surface area contributed by atoms with Gasteiger partial charge in [0.15, 0.2) is 0 Å². The molecule has 1 heterocycles. The Hall–Kier alpha value is -1.40. The van der Waals surface area contributed by atoms with Crippen LogP contribution in [0.3, 0.4) is 0 Å². The topological polar surface area (TPSA) is 67.2 Å². The summed E-state index contributed by atoms with van der Waals surface area (Å²) < 4.78 is 13.4. The van der Waals surface area contributed by atoms with Crippen molar-refractivity contribution in [3.8, 4) is 0 Å². The lowest BCUT2D eigenvalue weighted by molar-refractivity contribution is -0.384. The highest BCUT2D eigenvalue weighted by Gasteiger charge is 2.53. The van der Waals surface area contributed by atoms with E-state index in [2.05, 4.69) is 10.6 Å². The summed E-state index contributed by atoms with van der Waals surface area (Å²) in [4.78, 5) is 10.4. The van der Waals surface area contributed by atoms with Crippen molar-refractivity contribution in [1.82, 2.24) is 5.32 Å². The maximum absolute atomic E-state index is 13.4. The van der Waals surface area contributed by atoms with E-state index in [1.807, 2.05) is 0 Å². The van der Waals surface area contributed by atoms with Crippen LogP contribution in [0.2, 0.25) is 5.02 Å². The second kappa shape index (κ2) is 4.07. The summed E-state index contributed by atoms with van der Waals surface area (Å²) in [5, 5.41) is 17.0. The molecule has 7 heteroatoms. The Morgan fingerprint density at radius 2 is 2.11 bits per heavy atom. The molecular weight excluding hydrogens is 261 g/mol. The van der Waals surface area contributed by atoms with E-state index < -0.39 is 10.7 Å². The first kappa shape index (κ1) is 11.7. The third-order valence-corrected chi connectivity index (χ3v) is 3.94. The maximum Gasteiger partial charge on any atom is 0.294 e. The fraction of sp³-hybridized carbons (Fsp3) is 0.455. The Kier molecular flexibility index (Phi) is 2.64. The zero-order valence-electron chi connectivity index (χ0n) is 9.32. The van der Waals surface area contributed by atoms with E-state index in [4.69, 9.17) is 11.6 Å².